The van der Waals surface area contributed by atoms with Crippen molar-refractivity contribution in [2.45, 2.75) is 39.7 Å². The van der Waals surface area contributed by atoms with Crippen molar-refractivity contribution >= 4 is 5.97 Å². The van der Waals surface area contributed by atoms with Crippen LogP contribution < -0.4 is 0 Å². The van der Waals surface area contributed by atoms with Crippen LogP contribution in [-0.4, -0.2) is 50.5 Å². The molecule has 1 rings (SSSR count). The summed E-state index contributed by atoms with van der Waals surface area (Å²) in [6, 6.07) is 0. The molecule has 0 bridgehead atoms. The van der Waals surface area contributed by atoms with Gasteiger partial charge in [0.2, 0.25) is 0 Å². The van der Waals surface area contributed by atoms with Crippen LogP contribution in [0.25, 0.3) is 0 Å². The van der Waals surface area contributed by atoms with Gasteiger partial charge in [0, 0.05) is 13.7 Å². The van der Waals surface area contributed by atoms with Crippen LogP contribution >= 0.6 is 0 Å². The quantitative estimate of drug-likeness (QED) is 0.702. The SMILES string of the molecule is COCCO[C@@H]1CCCN(OC(=O)C(C)(C)C)C1. The number of piperidine rings is 1. The molecule has 5 nitrogen and oxygen atoms in total. The predicted octanol–water partition coefficient (Wildman–Crippen LogP) is 1.62. The van der Waals surface area contributed by atoms with E-state index in [9.17, 15) is 4.79 Å². The summed E-state index contributed by atoms with van der Waals surface area (Å²) in [5.74, 6) is -0.194. The number of hydrogen-bond acceptors (Lipinski definition) is 5. The monoisotopic (exact) mass is 259 g/mol. The minimum Gasteiger partial charge on any atom is -0.382 e. The fourth-order valence-corrected chi connectivity index (χ4v) is 1.68. The molecule has 0 radical (unpaired) electrons. The third-order valence-corrected chi connectivity index (χ3v) is 2.81. The largest absolute Gasteiger partial charge is 0.382 e. The van der Waals surface area contributed by atoms with Crippen molar-refractivity contribution in [2.24, 2.45) is 5.41 Å². The van der Waals surface area contributed by atoms with E-state index in [-0.39, 0.29) is 12.1 Å². The number of nitrogens with zero attached hydrogens (tertiary/aromatic N) is 1. The molecule has 0 spiro atoms. The molecule has 18 heavy (non-hydrogen) atoms. The van der Waals surface area contributed by atoms with Gasteiger partial charge in [0.1, 0.15) is 0 Å². The van der Waals surface area contributed by atoms with Gasteiger partial charge in [-0.15, -0.1) is 5.06 Å². The van der Waals surface area contributed by atoms with Crippen LogP contribution in [0.2, 0.25) is 0 Å². The third kappa shape index (κ3) is 5.33. The minimum atomic E-state index is -0.468. The molecule has 0 aliphatic carbocycles. The van der Waals surface area contributed by atoms with E-state index in [0.717, 1.165) is 19.4 Å². The summed E-state index contributed by atoms with van der Waals surface area (Å²) in [4.78, 5) is 17.2. The first kappa shape index (κ1) is 15.4. The first-order valence-corrected chi connectivity index (χ1v) is 6.51. The number of hydroxylamine groups is 2. The van der Waals surface area contributed by atoms with Gasteiger partial charge in [-0.25, -0.2) is 4.79 Å². The van der Waals surface area contributed by atoms with Crippen LogP contribution in [0.15, 0.2) is 0 Å². The number of rotatable bonds is 5. The number of methoxy groups -OCH3 is 1. The molecule has 1 heterocycles. The number of hydrogen-bond donors (Lipinski definition) is 0. The van der Waals surface area contributed by atoms with Crippen molar-refractivity contribution in [3.05, 3.63) is 0 Å². The van der Waals surface area contributed by atoms with Crippen molar-refractivity contribution in [3.8, 4) is 0 Å². The highest BCUT2D eigenvalue weighted by Crippen LogP contribution is 2.19. The summed E-state index contributed by atoms with van der Waals surface area (Å²) in [5, 5.41) is 1.72. The Balaban J connectivity index is 2.32. The van der Waals surface area contributed by atoms with Crippen LogP contribution in [0.3, 0.4) is 0 Å². The Labute approximate surface area is 109 Å². The lowest BCUT2D eigenvalue weighted by molar-refractivity contribution is -0.213. The fraction of sp³-hybridized carbons (Fsp3) is 0.923. The summed E-state index contributed by atoms with van der Waals surface area (Å²) in [6.45, 7) is 8.17. The second-order valence-corrected chi connectivity index (χ2v) is 5.64. The van der Waals surface area contributed by atoms with E-state index < -0.39 is 5.41 Å². The summed E-state index contributed by atoms with van der Waals surface area (Å²) < 4.78 is 10.6. The van der Waals surface area contributed by atoms with Crippen molar-refractivity contribution in [2.75, 3.05) is 33.4 Å². The van der Waals surface area contributed by atoms with E-state index in [1.54, 1.807) is 12.2 Å². The maximum Gasteiger partial charge on any atom is 0.330 e. The predicted molar refractivity (Wildman–Crippen MR) is 68.0 cm³/mol. The molecule has 5 heteroatoms. The fourth-order valence-electron chi connectivity index (χ4n) is 1.68. The zero-order chi connectivity index (χ0) is 13.6. The molecule has 106 valence electrons. The molecular weight excluding hydrogens is 234 g/mol. The Bertz CT molecular complexity index is 262. The van der Waals surface area contributed by atoms with Gasteiger partial charge in [0.05, 0.1) is 31.3 Å². The maximum absolute atomic E-state index is 11.8. The lowest BCUT2D eigenvalue weighted by atomic mass is 9.98. The van der Waals surface area contributed by atoms with Crippen LogP contribution in [0.1, 0.15) is 33.6 Å². The second kappa shape index (κ2) is 7.07. The smallest absolute Gasteiger partial charge is 0.330 e. The van der Waals surface area contributed by atoms with E-state index in [0.29, 0.717) is 19.8 Å². The summed E-state index contributed by atoms with van der Waals surface area (Å²) in [5.41, 5.74) is -0.468. The van der Waals surface area contributed by atoms with E-state index in [1.807, 2.05) is 20.8 Å². The molecule has 1 aliphatic heterocycles. The molecule has 0 aromatic carbocycles. The average Bonchev–Trinajstić information content (AvgIpc) is 2.28. The zero-order valence-electron chi connectivity index (χ0n) is 11.9. The Morgan fingerprint density at radius 2 is 2.06 bits per heavy atom. The van der Waals surface area contributed by atoms with Crippen LogP contribution in [-0.2, 0) is 19.1 Å². The summed E-state index contributed by atoms with van der Waals surface area (Å²) >= 11 is 0. The molecule has 0 aromatic rings. The Hall–Kier alpha value is -0.650. The normalized spacial score (nSPS) is 21.9. The molecule has 1 fully saturated rings. The molecule has 0 amide bonds. The maximum atomic E-state index is 11.8. The van der Waals surface area contributed by atoms with E-state index in [2.05, 4.69) is 0 Å². The molecule has 0 saturated carbocycles. The number of carbonyl (C=O) groups is 1. The lowest BCUT2D eigenvalue weighted by Crippen LogP contribution is -2.43. The van der Waals surface area contributed by atoms with E-state index in [4.69, 9.17) is 14.3 Å². The van der Waals surface area contributed by atoms with Crippen LogP contribution in [0.5, 0.6) is 0 Å². The Morgan fingerprint density at radius 1 is 1.33 bits per heavy atom. The minimum absolute atomic E-state index is 0.127. The highest BCUT2D eigenvalue weighted by molar-refractivity contribution is 5.75. The first-order valence-electron chi connectivity index (χ1n) is 6.51. The van der Waals surface area contributed by atoms with E-state index in [1.165, 1.54) is 0 Å². The number of carbonyl (C=O) groups excluding carboxylic acids is 1. The van der Waals surface area contributed by atoms with Gasteiger partial charge >= 0.3 is 5.97 Å². The first-order chi connectivity index (χ1) is 8.43. The van der Waals surface area contributed by atoms with Gasteiger partial charge < -0.3 is 14.3 Å². The lowest BCUT2D eigenvalue weighted by Gasteiger charge is -2.32. The van der Waals surface area contributed by atoms with Gasteiger partial charge in [-0.1, -0.05) is 0 Å². The van der Waals surface area contributed by atoms with Crippen molar-refractivity contribution < 1.29 is 19.1 Å². The zero-order valence-corrected chi connectivity index (χ0v) is 11.9. The highest BCUT2D eigenvalue weighted by Gasteiger charge is 2.29. The van der Waals surface area contributed by atoms with Crippen LogP contribution in [0.4, 0.5) is 0 Å². The summed E-state index contributed by atoms with van der Waals surface area (Å²) in [6.07, 6.45) is 2.11. The average molecular weight is 259 g/mol. The van der Waals surface area contributed by atoms with Gasteiger partial charge in [-0.2, -0.15) is 0 Å². The van der Waals surface area contributed by atoms with E-state index >= 15 is 0 Å². The Morgan fingerprint density at radius 3 is 2.67 bits per heavy atom. The van der Waals surface area contributed by atoms with Crippen molar-refractivity contribution in [1.82, 2.24) is 5.06 Å². The highest BCUT2D eigenvalue weighted by atomic mass is 16.7. The van der Waals surface area contributed by atoms with Gasteiger partial charge in [-0.3, -0.25) is 0 Å². The Kier molecular flexibility index (Phi) is 6.05. The molecule has 1 atom stereocenters. The molecule has 0 unspecified atom stereocenters. The van der Waals surface area contributed by atoms with Gasteiger partial charge in [0.15, 0.2) is 0 Å². The van der Waals surface area contributed by atoms with Gasteiger partial charge in [0.25, 0.3) is 0 Å². The topological polar surface area (TPSA) is 48.0 Å². The molecule has 0 aromatic heterocycles. The second-order valence-electron chi connectivity index (χ2n) is 5.64. The third-order valence-electron chi connectivity index (χ3n) is 2.81. The molecule has 0 N–H and O–H groups in total. The molecule has 1 saturated heterocycles. The standard InChI is InChI=1S/C13H25NO4/c1-13(2,3)12(15)18-14-7-5-6-11(10-14)17-9-8-16-4/h11H,5-10H2,1-4H3/t11-/m1/s1. The van der Waals surface area contributed by atoms with Crippen molar-refractivity contribution in [1.29, 1.82) is 0 Å². The number of ether oxygens (including phenoxy) is 2. The van der Waals surface area contributed by atoms with Gasteiger partial charge in [-0.05, 0) is 33.6 Å². The van der Waals surface area contributed by atoms with Crippen molar-refractivity contribution in [3.63, 3.8) is 0 Å². The summed E-state index contributed by atoms with van der Waals surface area (Å²) in [7, 11) is 1.65. The molecule has 1 aliphatic rings. The molecular formula is C13H25NO4. The van der Waals surface area contributed by atoms with Crippen LogP contribution in [0, 0.1) is 5.41 Å².